The topological polar surface area (TPSA) is 56.7 Å². The zero-order chi connectivity index (χ0) is 19.8. The quantitative estimate of drug-likeness (QED) is 0.353. The van der Waals surface area contributed by atoms with E-state index < -0.39 is 0 Å². The molecular formula is C21H16ClFN4OS. The first-order valence-corrected chi connectivity index (χ1v) is 10.6. The van der Waals surface area contributed by atoms with Gasteiger partial charge >= 0.3 is 0 Å². The van der Waals surface area contributed by atoms with Gasteiger partial charge in [0.15, 0.2) is 11.0 Å². The molecule has 0 N–H and O–H groups in total. The molecule has 0 saturated heterocycles. The Hall–Kier alpha value is -2.64. The minimum Gasteiger partial charge on any atom is -0.360 e. The van der Waals surface area contributed by atoms with E-state index in [-0.39, 0.29) is 5.82 Å². The molecule has 0 amide bonds. The maximum absolute atomic E-state index is 14.3. The Balaban J connectivity index is 1.37. The van der Waals surface area contributed by atoms with Crippen LogP contribution in [0.4, 0.5) is 4.39 Å². The van der Waals surface area contributed by atoms with Gasteiger partial charge in [-0.15, -0.1) is 10.2 Å². The van der Waals surface area contributed by atoms with Crippen LogP contribution in [0, 0.1) is 5.82 Å². The summed E-state index contributed by atoms with van der Waals surface area (Å²) in [6, 6.07) is 16.3. The summed E-state index contributed by atoms with van der Waals surface area (Å²) in [7, 11) is 0. The van der Waals surface area contributed by atoms with E-state index in [0.29, 0.717) is 28.2 Å². The molecule has 0 spiro atoms. The first-order valence-electron chi connectivity index (χ1n) is 9.23. The summed E-state index contributed by atoms with van der Waals surface area (Å²) in [6.45, 7) is 0. The first kappa shape index (κ1) is 18.4. The van der Waals surface area contributed by atoms with E-state index in [0.717, 1.165) is 35.0 Å². The third-order valence-corrected chi connectivity index (χ3v) is 5.95. The molecule has 1 aliphatic carbocycles. The fourth-order valence-electron chi connectivity index (χ4n) is 3.14. The normalized spacial score (nSPS) is 13.7. The van der Waals surface area contributed by atoms with E-state index >= 15 is 0 Å². The van der Waals surface area contributed by atoms with Crippen molar-refractivity contribution in [1.82, 2.24) is 19.9 Å². The average Bonchev–Trinajstić information content (AvgIpc) is 3.31. The van der Waals surface area contributed by atoms with E-state index in [4.69, 9.17) is 16.1 Å². The zero-order valence-corrected chi connectivity index (χ0v) is 16.8. The lowest BCUT2D eigenvalue weighted by molar-refractivity contribution is 0.397. The molecule has 0 unspecified atom stereocenters. The average molecular weight is 427 g/mol. The van der Waals surface area contributed by atoms with Gasteiger partial charge in [0.1, 0.15) is 17.3 Å². The summed E-state index contributed by atoms with van der Waals surface area (Å²) in [6.07, 6.45) is 2.10. The lowest BCUT2D eigenvalue weighted by Gasteiger charge is -2.08. The molecule has 0 atom stereocenters. The number of rotatable bonds is 6. The second kappa shape index (κ2) is 7.65. The van der Waals surface area contributed by atoms with E-state index in [1.165, 1.54) is 17.8 Å². The summed E-state index contributed by atoms with van der Waals surface area (Å²) < 4.78 is 21.8. The maximum Gasteiger partial charge on any atom is 0.192 e. The second-order valence-electron chi connectivity index (χ2n) is 6.86. The number of thioether (sulfide) groups is 1. The third-order valence-electron chi connectivity index (χ3n) is 4.73. The van der Waals surface area contributed by atoms with Crippen LogP contribution < -0.4 is 0 Å². The highest BCUT2D eigenvalue weighted by molar-refractivity contribution is 7.98. The van der Waals surface area contributed by atoms with Crippen molar-refractivity contribution in [3.63, 3.8) is 0 Å². The SMILES string of the molecule is Fc1ccccc1-c1nnc(SCc2cc(-c3ccc(Cl)cc3)no2)n1C1CC1. The van der Waals surface area contributed by atoms with Gasteiger partial charge in [0, 0.05) is 22.7 Å². The number of nitrogens with zero attached hydrogens (tertiary/aromatic N) is 4. The Morgan fingerprint density at radius 3 is 2.66 bits per heavy atom. The van der Waals surface area contributed by atoms with Crippen LogP contribution in [-0.4, -0.2) is 19.9 Å². The Bertz CT molecular complexity index is 1150. The van der Waals surface area contributed by atoms with Crippen molar-refractivity contribution in [2.24, 2.45) is 0 Å². The number of benzene rings is 2. The molecule has 5 nitrogen and oxygen atoms in total. The van der Waals surface area contributed by atoms with Crippen LogP contribution in [-0.2, 0) is 5.75 Å². The zero-order valence-electron chi connectivity index (χ0n) is 15.3. The molecule has 2 heterocycles. The molecule has 146 valence electrons. The lowest BCUT2D eigenvalue weighted by Crippen LogP contribution is -2.01. The van der Waals surface area contributed by atoms with Gasteiger partial charge < -0.3 is 4.52 Å². The number of aromatic nitrogens is 4. The van der Waals surface area contributed by atoms with Gasteiger partial charge in [-0.2, -0.15) is 0 Å². The van der Waals surface area contributed by atoms with Crippen LogP contribution in [0.3, 0.4) is 0 Å². The van der Waals surface area contributed by atoms with Crippen molar-refractivity contribution in [2.45, 2.75) is 29.8 Å². The maximum atomic E-state index is 14.3. The highest BCUT2D eigenvalue weighted by atomic mass is 35.5. The van der Waals surface area contributed by atoms with Gasteiger partial charge in [0.25, 0.3) is 0 Å². The Labute approximate surface area is 175 Å². The van der Waals surface area contributed by atoms with Crippen molar-refractivity contribution < 1.29 is 8.91 Å². The summed E-state index contributed by atoms with van der Waals surface area (Å²) in [5.74, 6) is 1.58. The van der Waals surface area contributed by atoms with E-state index in [9.17, 15) is 4.39 Å². The van der Waals surface area contributed by atoms with Crippen molar-refractivity contribution in [1.29, 1.82) is 0 Å². The Morgan fingerprint density at radius 1 is 1.10 bits per heavy atom. The van der Waals surface area contributed by atoms with Crippen LogP contribution in [0.2, 0.25) is 5.02 Å². The molecule has 1 saturated carbocycles. The predicted octanol–water partition coefficient (Wildman–Crippen LogP) is 6.02. The van der Waals surface area contributed by atoms with Crippen LogP contribution in [0.1, 0.15) is 24.6 Å². The summed E-state index contributed by atoms with van der Waals surface area (Å²) in [4.78, 5) is 0. The Kier molecular flexibility index (Phi) is 4.85. The highest BCUT2D eigenvalue weighted by Gasteiger charge is 2.31. The fraction of sp³-hybridized carbons (Fsp3) is 0.190. The standard InChI is InChI=1S/C21H16ClFN4OS/c22-14-7-5-13(6-8-14)19-11-16(28-26-19)12-29-21-25-24-20(27(21)15-9-10-15)17-3-1-2-4-18(17)23/h1-8,11,15H,9-10,12H2. The number of hydrogen-bond acceptors (Lipinski definition) is 5. The van der Waals surface area contributed by atoms with E-state index in [1.807, 2.05) is 41.0 Å². The minimum absolute atomic E-state index is 0.291. The van der Waals surface area contributed by atoms with Gasteiger partial charge in [-0.3, -0.25) is 4.57 Å². The summed E-state index contributed by atoms with van der Waals surface area (Å²) in [5.41, 5.74) is 2.17. The summed E-state index contributed by atoms with van der Waals surface area (Å²) >= 11 is 7.45. The van der Waals surface area contributed by atoms with Crippen LogP contribution in [0.25, 0.3) is 22.6 Å². The molecule has 2 aromatic heterocycles. The summed E-state index contributed by atoms with van der Waals surface area (Å²) in [5, 5.41) is 14.2. The minimum atomic E-state index is -0.291. The number of hydrogen-bond donors (Lipinski definition) is 0. The molecule has 1 aliphatic rings. The van der Waals surface area contributed by atoms with Gasteiger partial charge in [-0.05, 0) is 37.1 Å². The first-order chi connectivity index (χ1) is 14.2. The van der Waals surface area contributed by atoms with Crippen LogP contribution >= 0.6 is 23.4 Å². The van der Waals surface area contributed by atoms with Gasteiger partial charge in [-0.25, -0.2) is 4.39 Å². The third kappa shape index (κ3) is 3.80. The molecule has 5 rings (SSSR count). The molecule has 0 aliphatic heterocycles. The molecule has 0 radical (unpaired) electrons. The van der Waals surface area contributed by atoms with Gasteiger partial charge in [0.05, 0.1) is 11.3 Å². The predicted molar refractivity (Wildman–Crippen MR) is 110 cm³/mol. The molecule has 2 aromatic carbocycles. The molecule has 1 fully saturated rings. The van der Waals surface area contributed by atoms with Gasteiger partial charge in [0.2, 0.25) is 0 Å². The second-order valence-corrected chi connectivity index (χ2v) is 8.24. The monoisotopic (exact) mass is 426 g/mol. The lowest BCUT2D eigenvalue weighted by atomic mass is 10.1. The van der Waals surface area contributed by atoms with Crippen molar-refractivity contribution >= 4 is 23.4 Å². The molecular weight excluding hydrogens is 411 g/mol. The van der Waals surface area contributed by atoms with Crippen molar-refractivity contribution in [3.8, 4) is 22.6 Å². The van der Waals surface area contributed by atoms with E-state index in [2.05, 4.69) is 15.4 Å². The smallest absolute Gasteiger partial charge is 0.192 e. The molecule has 8 heteroatoms. The molecule has 0 bridgehead atoms. The molecule has 4 aromatic rings. The number of halogens is 2. The largest absolute Gasteiger partial charge is 0.360 e. The van der Waals surface area contributed by atoms with Crippen molar-refractivity contribution in [3.05, 3.63) is 71.2 Å². The Morgan fingerprint density at radius 2 is 1.90 bits per heavy atom. The molecule has 29 heavy (non-hydrogen) atoms. The van der Waals surface area contributed by atoms with Crippen LogP contribution in [0.5, 0.6) is 0 Å². The van der Waals surface area contributed by atoms with Gasteiger partial charge in [-0.1, -0.05) is 52.8 Å². The van der Waals surface area contributed by atoms with Crippen LogP contribution in [0.15, 0.2) is 64.3 Å². The highest BCUT2D eigenvalue weighted by Crippen LogP contribution is 2.42. The van der Waals surface area contributed by atoms with Crippen molar-refractivity contribution in [2.75, 3.05) is 0 Å². The van der Waals surface area contributed by atoms with E-state index in [1.54, 1.807) is 12.1 Å². The fourth-order valence-corrected chi connectivity index (χ4v) is 4.14.